The van der Waals surface area contributed by atoms with E-state index in [1.807, 2.05) is 20.8 Å². The lowest BCUT2D eigenvalue weighted by Crippen LogP contribution is -2.45. The van der Waals surface area contributed by atoms with Gasteiger partial charge in [-0.05, 0) is 58.2 Å². The third-order valence-corrected chi connectivity index (χ3v) is 3.35. The molecule has 1 saturated heterocycles. The highest BCUT2D eigenvalue weighted by molar-refractivity contribution is 5.25. The van der Waals surface area contributed by atoms with E-state index in [0.29, 0.717) is 6.61 Å². The molecule has 5 heteroatoms. The van der Waals surface area contributed by atoms with E-state index in [-0.39, 0.29) is 23.5 Å². The maximum Gasteiger partial charge on any atom is 0.190 e. The second-order valence-electron chi connectivity index (χ2n) is 6.43. The van der Waals surface area contributed by atoms with Gasteiger partial charge in [-0.3, -0.25) is 5.32 Å². The molecule has 1 N–H and O–H groups in total. The highest BCUT2D eigenvalue weighted by Crippen LogP contribution is 2.25. The summed E-state index contributed by atoms with van der Waals surface area (Å²) < 4.78 is 38.2. The molecule has 1 aromatic rings. The molecule has 1 heterocycles. The summed E-state index contributed by atoms with van der Waals surface area (Å²) in [4.78, 5) is 0. The van der Waals surface area contributed by atoms with E-state index in [0.717, 1.165) is 19.4 Å². The van der Waals surface area contributed by atoms with Gasteiger partial charge < -0.3 is 9.47 Å². The smallest absolute Gasteiger partial charge is 0.190 e. The molecule has 1 fully saturated rings. The van der Waals surface area contributed by atoms with Gasteiger partial charge in [0.25, 0.3) is 0 Å². The van der Waals surface area contributed by atoms with Crippen molar-refractivity contribution < 1.29 is 18.3 Å². The summed E-state index contributed by atoms with van der Waals surface area (Å²) in [7, 11) is 0. The molecule has 0 aromatic heterocycles. The highest BCUT2D eigenvalue weighted by Gasteiger charge is 2.26. The summed E-state index contributed by atoms with van der Waals surface area (Å²) in [6.07, 6.45) is 1.63. The fourth-order valence-electron chi connectivity index (χ4n) is 2.44. The van der Waals surface area contributed by atoms with Gasteiger partial charge in [-0.25, -0.2) is 8.78 Å². The van der Waals surface area contributed by atoms with Crippen molar-refractivity contribution in [1.29, 1.82) is 0 Å². The number of piperidine rings is 1. The molecular formula is C16H23F2NO2. The maximum absolute atomic E-state index is 13.5. The molecule has 2 unspecified atom stereocenters. The number of nitrogens with one attached hydrogen (secondary N) is 1. The lowest BCUT2D eigenvalue weighted by molar-refractivity contribution is -0.0949. The second kappa shape index (κ2) is 6.71. The normalized spacial score (nSPS) is 23.1. The van der Waals surface area contributed by atoms with Gasteiger partial charge in [-0.2, -0.15) is 0 Å². The lowest BCUT2D eigenvalue weighted by atomic mass is 9.97. The predicted octanol–water partition coefficient (Wildman–Crippen LogP) is 3.48. The van der Waals surface area contributed by atoms with Gasteiger partial charge in [0.1, 0.15) is 6.23 Å². The number of benzene rings is 1. The molecule has 1 aromatic carbocycles. The van der Waals surface area contributed by atoms with Gasteiger partial charge in [0, 0.05) is 0 Å². The number of hydrogen-bond donors (Lipinski definition) is 1. The molecule has 0 radical (unpaired) electrons. The minimum absolute atomic E-state index is 0.0437. The van der Waals surface area contributed by atoms with Crippen molar-refractivity contribution in [2.45, 2.75) is 45.4 Å². The van der Waals surface area contributed by atoms with E-state index in [4.69, 9.17) is 9.47 Å². The Labute approximate surface area is 124 Å². The Balaban J connectivity index is 1.88. The van der Waals surface area contributed by atoms with Crippen molar-refractivity contribution in [3.05, 3.63) is 29.8 Å². The molecule has 0 bridgehead atoms. The largest absolute Gasteiger partial charge is 0.487 e. The highest BCUT2D eigenvalue weighted by atomic mass is 19.1. The van der Waals surface area contributed by atoms with Crippen LogP contribution in [0.4, 0.5) is 8.78 Å². The van der Waals surface area contributed by atoms with Crippen molar-refractivity contribution in [3.63, 3.8) is 0 Å². The first-order valence-corrected chi connectivity index (χ1v) is 7.33. The first-order chi connectivity index (χ1) is 9.85. The number of halogens is 2. The SMILES string of the molecule is CC(C)(C)OC1CC(COc2c(F)cccc2F)CCN1. The molecule has 2 rings (SSSR count). The molecule has 1 aliphatic rings. The molecule has 1 aliphatic heterocycles. The summed E-state index contributed by atoms with van der Waals surface area (Å²) >= 11 is 0. The third-order valence-electron chi connectivity index (χ3n) is 3.35. The third kappa shape index (κ3) is 4.93. The molecule has 0 amide bonds. The Morgan fingerprint density at radius 2 is 1.90 bits per heavy atom. The monoisotopic (exact) mass is 299 g/mol. The van der Waals surface area contributed by atoms with Crippen LogP contribution in [0.5, 0.6) is 5.75 Å². The van der Waals surface area contributed by atoms with Gasteiger partial charge in [0.05, 0.1) is 12.2 Å². The number of para-hydroxylation sites is 1. The molecule has 2 atom stereocenters. The number of hydrogen-bond acceptors (Lipinski definition) is 3. The first kappa shape index (κ1) is 16.2. The molecule has 0 saturated carbocycles. The van der Waals surface area contributed by atoms with Crippen molar-refractivity contribution in [2.75, 3.05) is 13.2 Å². The first-order valence-electron chi connectivity index (χ1n) is 7.33. The molecule has 21 heavy (non-hydrogen) atoms. The van der Waals surface area contributed by atoms with Crippen molar-refractivity contribution in [3.8, 4) is 5.75 Å². The van der Waals surface area contributed by atoms with Crippen LogP contribution in [0.15, 0.2) is 18.2 Å². The lowest BCUT2D eigenvalue weighted by Gasteiger charge is -2.34. The molecule has 118 valence electrons. The van der Waals surface area contributed by atoms with Gasteiger partial charge in [0.15, 0.2) is 17.4 Å². The van der Waals surface area contributed by atoms with Crippen LogP contribution in [-0.2, 0) is 4.74 Å². The van der Waals surface area contributed by atoms with E-state index in [1.54, 1.807) is 0 Å². The van der Waals surface area contributed by atoms with E-state index in [9.17, 15) is 8.78 Å². The van der Waals surface area contributed by atoms with Gasteiger partial charge in [-0.15, -0.1) is 0 Å². The standard InChI is InChI=1S/C16H23F2NO2/c1-16(2,3)21-14-9-11(7-8-19-14)10-20-15-12(17)5-4-6-13(15)18/h4-6,11,14,19H,7-10H2,1-3H3. The van der Waals surface area contributed by atoms with E-state index in [2.05, 4.69) is 5.32 Å². The van der Waals surface area contributed by atoms with Crippen LogP contribution in [0.25, 0.3) is 0 Å². The Morgan fingerprint density at radius 1 is 1.24 bits per heavy atom. The number of rotatable bonds is 4. The summed E-state index contributed by atoms with van der Waals surface area (Å²) in [5.74, 6) is -1.39. The average Bonchev–Trinajstić information content (AvgIpc) is 2.36. The fraction of sp³-hybridized carbons (Fsp3) is 0.625. The van der Waals surface area contributed by atoms with E-state index >= 15 is 0 Å². The van der Waals surface area contributed by atoms with E-state index < -0.39 is 11.6 Å². The Morgan fingerprint density at radius 3 is 2.52 bits per heavy atom. The Hall–Kier alpha value is -1.20. The van der Waals surface area contributed by atoms with Crippen molar-refractivity contribution >= 4 is 0 Å². The van der Waals surface area contributed by atoms with Crippen LogP contribution in [0, 0.1) is 17.6 Å². The Bertz CT molecular complexity index is 454. The maximum atomic E-state index is 13.5. The van der Waals surface area contributed by atoms with Crippen LogP contribution < -0.4 is 10.1 Å². The van der Waals surface area contributed by atoms with Gasteiger partial charge in [-0.1, -0.05) is 6.07 Å². The van der Waals surface area contributed by atoms with Crippen LogP contribution in [0.2, 0.25) is 0 Å². The minimum Gasteiger partial charge on any atom is -0.487 e. The van der Waals surface area contributed by atoms with Crippen molar-refractivity contribution in [1.82, 2.24) is 5.32 Å². The fourth-order valence-corrected chi connectivity index (χ4v) is 2.44. The summed E-state index contributed by atoms with van der Waals surface area (Å²) in [5.41, 5.74) is -0.224. The van der Waals surface area contributed by atoms with Gasteiger partial charge in [0.2, 0.25) is 0 Å². The Kier molecular flexibility index (Phi) is 5.17. The van der Waals surface area contributed by atoms with Crippen LogP contribution >= 0.6 is 0 Å². The predicted molar refractivity (Wildman–Crippen MR) is 77.2 cm³/mol. The zero-order valence-corrected chi connectivity index (χ0v) is 12.8. The van der Waals surface area contributed by atoms with Crippen LogP contribution in [-0.4, -0.2) is 25.0 Å². The van der Waals surface area contributed by atoms with Crippen LogP contribution in [0.3, 0.4) is 0 Å². The average molecular weight is 299 g/mol. The molecular weight excluding hydrogens is 276 g/mol. The second-order valence-corrected chi connectivity index (χ2v) is 6.43. The topological polar surface area (TPSA) is 30.5 Å². The zero-order valence-electron chi connectivity index (χ0n) is 12.8. The van der Waals surface area contributed by atoms with E-state index in [1.165, 1.54) is 18.2 Å². The summed E-state index contributed by atoms with van der Waals surface area (Å²) in [5, 5.41) is 3.30. The van der Waals surface area contributed by atoms with Gasteiger partial charge >= 0.3 is 0 Å². The zero-order chi connectivity index (χ0) is 15.5. The summed E-state index contributed by atoms with van der Waals surface area (Å²) in [6, 6.07) is 3.73. The molecule has 0 aliphatic carbocycles. The number of ether oxygens (including phenoxy) is 2. The summed E-state index contributed by atoms with van der Waals surface area (Å²) in [6.45, 7) is 7.12. The van der Waals surface area contributed by atoms with Crippen LogP contribution in [0.1, 0.15) is 33.6 Å². The minimum atomic E-state index is -0.661. The molecule has 0 spiro atoms. The van der Waals surface area contributed by atoms with Crippen molar-refractivity contribution in [2.24, 2.45) is 5.92 Å². The quantitative estimate of drug-likeness (QED) is 0.923. The molecule has 3 nitrogen and oxygen atoms in total.